The predicted molar refractivity (Wildman–Crippen MR) is 151 cm³/mol. The molecule has 7 heteroatoms. The third kappa shape index (κ3) is 6.50. The second kappa shape index (κ2) is 13.9. The molecule has 38 heavy (non-hydrogen) atoms. The lowest BCUT2D eigenvalue weighted by Crippen LogP contribution is -2.63. The molecule has 2 aromatic carbocycles. The van der Waals surface area contributed by atoms with Crippen LogP contribution < -0.4 is 14.2 Å². The van der Waals surface area contributed by atoms with Gasteiger partial charge in [-0.1, -0.05) is 63.1 Å². The van der Waals surface area contributed by atoms with Crippen molar-refractivity contribution in [2.75, 3.05) is 34.9 Å². The molecule has 1 aliphatic rings. The topological polar surface area (TPSA) is 68.3 Å². The molecular formula is C31H42N2O5. The maximum absolute atomic E-state index is 13.6. The van der Waals surface area contributed by atoms with Gasteiger partial charge < -0.3 is 24.0 Å². The van der Waals surface area contributed by atoms with Gasteiger partial charge in [-0.3, -0.25) is 9.59 Å². The number of carbonyl (C=O) groups excluding carboxylic acids is 2. The van der Waals surface area contributed by atoms with Crippen molar-refractivity contribution in [1.29, 1.82) is 0 Å². The molecule has 7 nitrogen and oxygen atoms in total. The third-order valence-corrected chi connectivity index (χ3v) is 7.26. The standard InChI is InChI=1S/C31H42N2O5/c1-7-9-10-11-12-13-18-33-25(8-2)30(34)32(3)26(31(33)35)19-22-14-16-23(17-15-22)24-20-27(36-4)29(38-6)28(21-24)37-5/h12-17,20-21,25-26H,7-11,18-19H2,1-6H3/b13-12+/t25-,26-/m0/s1. The number of methoxy groups -OCH3 is 3. The SMILES string of the molecule is CCCCC/C=C/CN1C(=O)[C@H](Cc2ccc(-c3cc(OC)c(OC)c(OC)c3)cc2)N(C)C(=O)[C@@H]1CC. The minimum Gasteiger partial charge on any atom is -0.493 e. The van der Waals surface area contributed by atoms with E-state index in [2.05, 4.69) is 13.0 Å². The van der Waals surface area contributed by atoms with Crippen LogP contribution in [0.15, 0.2) is 48.6 Å². The number of hydrogen-bond donors (Lipinski definition) is 0. The summed E-state index contributed by atoms with van der Waals surface area (Å²) >= 11 is 0. The lowest BCUT2D eigenvalue weighted by Gasteiger charge is -2.43. The van der Waals surface area contributed by atoms with E-state index in [1.54, 1.807) is 38.2 Å². The van der Waals surface area contributed by atoms with Crippen LogP contribution in [-0.2, 0) is 16.0 Å². The zero-order chi connectivity index (χ0) is 27.7. The van der Waals surface area contributed by atoms with Crippen molar-refractivity contribution in [3.63, 3.8) is 0 Å². The Morgan fingerprint density at radius 3 is 2.03 bits per heavy atom. The first kappa shape index (κ1) is 29.1. The Balaban J connectivity index is 1.78. The maximum atomic E-state index is 13.6. The molecule has 1 aliphatic heterocycles. The van der Waals surface area contributed by atoms with Crippen molar-refractivity contribution >= 4 is 11.8 Å². The van der Waals surface area contributed by atoms with Crippen molar-refractivity contribution in [1.82, 2.24) is 9.80 Å². The molecule has 0 spiro atoms. The minimum absolute atomic E-state index is 0.00512. The summed E-state index contributed by atoms with van der Waals surface area (Å²) in [4.78, 5) is 30.1. The van der Waals surface area contributed by atoms with Crippen molar-refractivity contribution in [2.24, 2.45) is 0 Å². The van der Waals surface area contributed by atoms with Crippen LogP contribution in [0.25, 0.3) is 11.1 Å². The van der Waals surface area contributed by atoms with Gasteiger partial charge in [0.05, 0.1) is 21.3 Å². The number of piperazine rings is 1. The highest BCUT2D eigenvalue weighted by Gasteiger charge is 2.42. The Kier molecular flexibility index (Phi) is 10.6. The molecule has 1 heterocycles. The fourth-order valence-electron chi connectivity index (χ4n) is 4.99. The molecule has 0 aromatic heterocycles. The largest absolute Gasteiger partial charge is 0.493 e. The Hall–Kier alpha value is -3.48. The number of nitrogens with zero attached hydrogens (tertiary/aromatic N) is 2. The van der Waals surface area contributed by atoms with Gasteiger partial charge in [0.1, 0.15) is 12.1 Å². The van der Waals surface area contributed by atoms with E-state index in [-0.39, 0.29) is 11.8 Å². The van der Waals surface area contributed by atoms with Crippen LogP contribution in [-0.4, -0.2) is 68.6 Å². The molecule has 2 amide bonds. The second-order valence-electron chi connectivity index (χ2n) is 9.66. The fraction of sp³-hybridized carbons (Fsp3) is 0.484. The maximum Gasteiger partial charge on any atom is 0.246 e. The Morgan fingerprint density at radius 2 is 1.47 bits per heavy atom. The predicted octanol–water partition coefficient (Wildman–Crippen LogP) is 5.51. The molecule has 2 atom stereocenters. The van der Waals surface area contributed by atoms with Crippen LogP contribution in [0.1, 0.15) is 51.5 Å². The van der Waals surface area contributed by atoms with E-state index in [0.29, 0.717) is 36.6 Å². The van der Waals surface area contributed by atoms with Crippen molar-refractivity contribution < 1.29 is 23.8 Å². The number of likely N-dealkylation sites (N-methyl/N-ethyl adjacent to an activating group) is 1. The smallest absolute Gasteiger partial charge is 0.246 e. The lowest BCUT2D eigenvalue weighted by molar-refractivity contribution is -0.159. The highest BCUT2D eigenvalue weighted by molar-refractivity contribution is 5.97. The highest BCUT2D eigenvalue weighted by Crippen LogP contribution is 2.41. The lowest BCUT2D eigenvalue weighted by atomic mass is 9.95. The van der Waals surface area contributed by atoms with E-state index in [1.165, 1.54) is 12.8 Å². The van der Waals surface area contributed by atoms with Crippen molar-refractivity contribution in [2.45, 2.75) is 64.5 Å². The first-order valence-electron chi connectivity index (χ1n) is 13.5. The number of amides is 2. The molecule has 1 fully saturated rings. The number of rotatable bonds is 13. The van der Waals surface area contributed by atoms with Crippen LogP contribution in [0.2, 0.25) is 0 Å². The molecule has 0 bridgehead atoms. The number of hydrogen-bond acceptors (Lipinski definition) is 5. The minimum atomic E-state index is -0.522. The van der Waals surface area contributed by atoms with Gasteiger partial charge in [0.15, 0.2) is 11.5 Å². The van der Waals surface area contributed by atoms with E-state index in [1.807, 2.05) is 49.4 Å². The molecule has 1 saturated heterocycles. The number of allylic oxidation sites excluding steroid dienone is 1. The van der Waals surface area contributed by atoms with Crippen molar-refractivity contribution in [3.8, 4) is 28.4 Å². The first-order chi connectivity index (χ1) is 18.4. The molecule has 0 unspecified atom stereocenters. The summed E-state index contributed by atoms with van der Waals surface area (Å²) in [5.74, 6) is 1.73. The summed E-state index contributed by atoms with van der Waals surface area (Å²) in [6, 6.07) is 10.9. The zero-order valence-corrected chi connectivity index (χ0v) is 23.7. The normalized spacial score (nSPS) is 17.8. The van der Waals surface area contributed by atoms with E-state index >= 15 is 0 Å². The van der Waals surface area contributed by atoms with Gasteiger partial charge in [0.2, 0.25) is 17.6 Å². The van der Waals surface area contributed by atoms with Gasteiger partial charge in [0, 0.05) is 20.0 Å². The highest BCUT2D eigenvalue weighted by atomic mass is 16.5. The van der Waals surface area contributed by atoms with Gasteiger partial charge in [-0.2, -0.15) is 0 Å². The van der Waals surface area contributed by atoms with Crippen LogP contribution in [0.4, 0.5) is 0 Å². The average molecular weight is 523 g/mol. The van der Waals surface area contributed by atoms with Crippen LogP contribution in [0, 0.1) is 0 Å². The first-order valence-corrected chi connectivity index (χ1v) is 13.5. The van der Waals surface area contributed by atoms with Crippen molar-refractivity contribution in [3.05, 3.63) is 54.1 Å². The van der Waals surface area contributed by atoms with Gasteiger partial charge in [-0.05, 0) is 48.1 Å². The molecule has 0 saturated carbocycles. The number of ether oxygens (including phenoxy) is 3. The second-order valence-corrected chi connectivity index (χ2v) is 9.66. The van der Waals surface area contributed by atoms with E-state index in [0.717, 1.165) is 29.5 Å². The van der Waals surface area contributed by atoms with Gasteiger partial charge in [0.25, 0.3) is 0 Å². The summed E-state index contributed by atoms with van der Waals surface area (Å²) < 4.78 is 16.4. The number of unbranched alkanes of at least 4 members (excludes halogenated alkanes) is 3. The quantitative estimate of drug-likeness (QED) is 0.256. The third-order valence-electron chi connectivity index (χ3n) is 7.26. The van der Waals surface area contributed by atoms with Gasteiger partial charge in [-0.15, -0.1) is 0 Å². The zero-order valence-electron chi connectivity index (χ0n) is 23.7. The van der Waals surface area contributed by atoms with Crippen LogP contribution in [0.5, 0.6) is 17.2 Å². The summed E-state index contributed by atoms with van der Waals surface area (Å²) in [5.41, 5.74) is 2.90. The molecule has 2 aromatic rings. The monoisotopic (exact) mass is 522 g/mol. The van der Waals surface area contributed by atoms with Crippen LogP contribution >= 0.6 is 0 Å². The molecule has 3 rings (SSSR count). The molecule has 0 aliphatic carbocycles. The molecular weight excluding hydrogens is 480 g/mol. The van der Waals surface area contributed by atoms with Crippen LogP contribution in [0.3, 0.4) is 0 Å². The summed E-state index contributed by atoms with van der Waals surface area (Å²) in [6.07, 6.45) is 9.78. The fourth-order valence-corrected chi connectivity index (χ4v) is 4.99. The van der Waals surface area contributed by atoms with Gasteiger partial charge >= 0.3 is 0 Å². The summed E-state index contributed by atoms with van der Waals surface area (Å²) in [6.45, 7) is 4.62. The Labute approximate surface area is 227 Å². The van der Waals surface area contributed by atoms with Gasteiger partial charge in [-0.25, -0.2) is 0 Å². The Morgan fingerprint density at radius 1 is 0.816 bits per heavy atom. The van der Waals surface area contributed by atoms with E-state index in [9.17, 15) is 9.59 Å². The average Bonchev–Trinajstić information content (AvgIpc) is 2.95. The van der Waals surface area contributed by atoms with E-state index < -0.39 is 12.1 Å². The summed E-state index contributed by atoms with van der Waals surface area (Å²) in [5, 5.41) is 0. The molecule has 0 N–H and O–H groups in total. The number of carbonyl (C=O) groups is 2. The molecule has 0 radical (unpaired) electrons. The Bertz CT molecular complexity index is 1090. The summed E-state index contributed by atoms with van der Waals surface area (Å²) in [7, 11) is 6.52. The van der Waals surface area contributed by atoms with E-state index in [4.69, 9.17) is 14.2 Å². The molecule has 206 valence electrons. The number of benzene rings is 2.